The SMILES string of the molecule is Cc1c(Cl)c(C)c(Cl)c(OCC(=O)Nc2cccc3c(Cl)c(C(=O)NC(C)(C)C)sc23)c1Cl. The molecule has 33 heavy (non-hydrogen) atoms. The second kappa shape index (κ2) is 9.88. The fourth-order valence-electron chi connectivity index (χ4n) is 3.09. The molecule has 0 fully saturated rings. The topological polar surface area (TPSA) is 67.4 Å². The third-order valence-electron chi connectivity index (χ3n) is 4.69. The van der Waals surface area contributed by atoms with Crippen LogP contribution in [0.4, 0.5) is 5.69 Å². The number of thiophene rings is 1. The van der Waals surface area contributed by atoms with Crippen LogP contribution in [0.1, 0.15) is 41.6 Å². The molecule has 176 valence electrons. The van der Waals surface area contributed by atoms with E-state index in [9.17, 15) is 9.59 Å². The Hall–Kier alpha value is -1.70. The molecule has 3 rings (SSSR count). The summed E-state index contributed by atoms with van der Waals surface area (Å²) in [4.78, 5) is 25.7. The summed E-state index contributed by atoms with van der Waals surface area (Å²) in [6, 6.07) is 5.28. The zero-order chi connectivity index (χ0) is 24.7. The highest BCUT2D eigenvalue weighted by Crippen LogP contribution is 2.43. The van der Waals surface area contributed by atoms with Crippen LogP contribution in [0, 0.1) is 13.8 Å². The third-order valence-corrected chi connectivity index (χ3v) is 7.91. The van der Waals surface area contributed by atoms with E-state index in [2.05, 4.69) is 10.6 Å². The number of ether oxygens (including phenoxy) is 1. The van der Waals surface area contributed by atoms with E-state index in [1.165, 1.54) is 11.3 Å². The molecule has 0 atom stereocenters. The van der Waals surface area contributed by atoms with Crippen molar-refractivity contribution >= 4 is 85.3 Å². The van der Waals surface area contributed by atoms with Crippen molar-refractivity contribution in [2.45, 2.75) is 40.2 Å². The van der Waals surface area contributed by atoms with Gasteiger partial charge >= 0.3 is 0 Å². The number of fused-ring (bicyclic) bond motifs is 1. The lowest BCUT2D eigenvalue weighted by Crippen LogP contribution is -2.40. The number of amides is 2. The Morgan fingerprint density at radius 3 is 2.15 bits per heavy atom. The zero-order valence-corrected chi connectivity index (χ0v) is 22.4. The Kier molecular flexibility index (Phi) is 7.76. The van der Waals surface area contributed by atoms with Crippen molar-refractivity contribution in [2.75, 3.05) is 11.9 Å². The van der Waals surface area contributed by atoms with E-state index < -0.39 is 11.4 Å². The number of halogens is 4. The number of carbonyl (C=O) groups is 2. The number of nitrogens with one attached hydrogen (secondary N) is 2. The van der Waals surface area contributed by atoms with Gasteiger partial charge in [0, 0.05) is 15.9 Å². The summed E-state index contributed by atoms with van der Waals surface area (Å²) in [5, 5.41) is 7.69. The smallest absolute Gasteiger partial charge is 0.263 e. The fraction of sp³-hybridized carbons (Fsp3) is 0.304. The van der Waals surface area contributed by atoms with E-state index in [4.69, 9.17) is 51.1 Å². The van der Waals surface area contributed by atoms with Gasteiger partial charge in [0.25, 0.3) is 11.8 Å². The Bertz CT molecular complexity index is 1240. The lowest BCUT2D eigenvalue weighted by Gasteiger charge is -2.19. The van der Waals surface area contributed by atoms with Gasteiger partial charge in [0.2, 0.25) is 0 Å². The molecule has 2 N–H and O–H groups in total. The summed E-state index contributed by atoms with van der Waals surface area (Å²) in [7, 11) is 0. The van der Waals surface area contributed by atoms with Crippen LogP contribution in [0.5, 0.6) is 5.75 Å². The first-order valence-electron chi connectivity index (χ1n) is 9.91. The molecular weight excluding hydrogens is 526 g/mol. The Balaban J connectivity index is 1.82. The van der Waals surface area contributed by atoms with Crippen LogP contribution in [0.15, 0.2) is 18.2 Å². The average molecular weight is 548 g/mol. The molecule has 0 saturated carbocycles. The third kappa shape index (κ3) is 5.52. The lowest BCUT2D eigenvalue weighted by atomic mass is 10.1. The molecule has 0 radical (unpaired) electrons. The van der Waals surface area contributed by atoms with Crippen molar-refractivity contribution in [3.63, 3.8) is 0 Å². The van der Waals surface area contributed by atoms with Crippen LogP contribution in [0.2, 0.25) is 20.1 Å². The van der Waals surface area contributed by atoms with E-state index >= 15 is 0 Å². The highest BCUT2D eigenvalue weighted by molar-refractivity contribution is 7.22. The molecule has 0 bridgehead atoms. The summed E-state index contributed by atoms with van der Waals surface area (Å²) >= 11 is 26.5. The molecule has 0 aliphatic carbocycles. The van der Waals surface area contributed by atoms with Gasteiger partial charge in [-0.05, 0) is 51.8 Å². The maximum Gasteiger partial charge on any atom is 0.263 e. The molecule has 0 aliphatic heterocycles. The van der Waals surface area contributed by atoms with E-state index in [0.717, 1.165) is 0 Å². The van der Waals surface area contributed by atoms with Crippen LogP contribution < -0.4 is 15.4 Å². The van der Waals surface area contributed by atoms with E-state index in [-0.39, 0.29) is 28.3 Å². The first-order valence-corrected chi connectivity index (χ1v) is 12.2. The van der Waals surface area contributed by atoms with E-state index in [0.29, 0.717) is 41.8 Å². The van der Waals surface area contributed by atoms with Crippen LogP contribution in [0.3, 0.4) is 0 Å². The molecule has 1 aromatic heterocycles. The number of carbonyl (C=O) groups excluding carboxylic acids is 2. The Labute approximate surface area is 216 Å². The Morgan fingerprint density at radius 2 is 1.58 bits per heavy atom. The molecule has 0 aliphatic rings. The average Bonchev–Trinajstić information content (AvgIpc) is 3.07. The van der Waals surface area contributed by atoms with Gasteiger partial charge < -0.3 is 15.4 Å². The fourth-order valence-corrected chi connectivity index (χ4v) is 5.39. The van der Waals surface area contributed by atoms with Gasteiger partial charge in [-0.25, -0.2) is 0 Å². The number of rotatable bonds is 5. The molecule has 2 aromatic carbocycles. The van der Waals surface area contributed by atoms with Gasteiger partial charge in [-0.15, -0.1) is 11.3 Å². The maximum absolute atomic E-state index is 12.7. The molecule has 0 spiro atoms. The summed E-state index contributed by atoms with van der Waals surface area (Å²) in [6.07, 6.45) is 0. The number of anilines is 1. The molecule has 2 amide bonds. The summed E-state index contributed by atoms with van der Waals surface area (Å²) in [5.41, 5.74) is 1.35. The summed E-state index contributed by atoms with van der Waals surface area (Å²) in [6.45, 7) is 8.83. The van der Waals surface area contributed by atoms with Gasteiger partial charge in [0.1, 0.15) is 4.88 Å². The quantitative estimate of drug-likeness (QED) is 0.344. The molecule has 0 saturated heterocycles. The summed E-state index contributed by atoms with van der Waals surface area (Å²) < 4.78 is 6.32. The molecule has 1 heterocycles. The minimum Gasteiger partial charge on any atom is -0.481 e. The predicted molar refractivity (Wildman–Crippen MR) is 139 cm³/mol. The first kappa shape index (κ1) is 25.9. The van der Waals surface area contributed by atoms with Gasteiger partial charge in [0.15, 0.2) is 12.4 Å². The van der Waals surface area contributed by atoms with Crippen molar-refractivity contribution in [1.29, 1.82) is 0 Å². The monoisotopic (exact) mass is 546 g/mol. The van der Waals surface area contributed by atoms with Crippen LogP contribution in [-0.4, -0.2) is 24.0 Å². The zero-order valence-electron chi connectivity index (χ0n) is 18.6. The van der Waals surface area contributed by atoms with E-state index in [1.54, 1.807) is 32.0 Å². The molecule has 3 aromatic rings. The second-order valence-electron chi connectivity index (χ2n) is 8.49. The maximum atomic E-state index is 12.7. The van der Waals surface area contributed by atoms with Gasteiger partial charge in [0.05, 0.1) is 25.5 Å². The number of hydrogen-bond acceptors (Lipinski definition) is 4. The van der Waals surface area contributed by atoms with Crippen molar-refractivity contribution in [1.82, 2.24) is 5.32 Å². The molecule has 5 nitrogen and oxygen atoms in total. The van der Waals surface area contributed by atoms with Gasteiger partial charge in [-0.3, -0.25) is 9.59 Å². The molecular formula is C23H22Cl4N2O3S. The van der Waals surface area contributed by atoms with Crippen LogP contribution in [-0.2, 0) is 4.79 Å². The second-order valence-corrected chi connectivity index (χ2v) is 11.0. The van der Waals surface area contributed by atoms with E-state index in [1.807, 2.05) is 20.8 Å². The largest absolute Gasteiger partial charge is 0.481 e. The van der Waals surface area contributed by atoms with Crippen molar-refractivity contribution in [2.24, 2.45) is 0 Å². The number of benzene rings is 2. The minimum atomic E-state index is -0.426. The highest BCUT2D eigenvalue weighted by Gasteiger charge is 2.23. The molecule has 10 heteroatoms. The normalized spacial score (nSPS) is 11.5. The molecule has 0 unspecified atom stereocenters. The van der Waals surface area contributed by atoms with Crippen molar-refractivity contribution in [3.8, 4) is 5.75 Å². The van der Waals surface area contributed by atoms with Crippen LogP contribution in [0.25, 0.3) is 10.1 Å². The van der Waals surface area contributed by atoms with Gasteiger partial charge in [-0.1, -0.05) is 58.5 Å². The van der Waals surface area contributed by atoms with Crippen molar-refractivity contribution < 1.29 is 14.3 Å². The van der Waals surface area contributed by atoms with Gasteiger partial charge in [-0.2, -0.15) is 0 Å². The lowest BCUT2D eigenvalue weighted by molar-refractivity contribution is -0.118. The van der Waals surface area contributed by atoms with Crippen molar-refractivity contribution in [3.05, 3.63) is 54.3 Å². The highest BCUT2D eigenvalue weighted by atomic mass is 35.5. The Morgan fingerprint density at radius 1 is 0.970 bits per heavy atom. The minimum absolute atomic E-state index is 0.200. The summed E-state index contributed by atoms with van der Waals surface area (Å²) in [5.74, 6) is -0.497. The standard InChI is InChI=1S/C23H22Cl4N2O3S/c1-10-15(24)11(2)17(26)19(16(10)25)32-9-14(30)28-13-8-6-7-12-18(27)21(33-20(12)13)22(31)29-23(3,4)5/h6-8H,9H2,1-5H3,(H,28,30)(H,29,31). The van der Waals surface area contributed by atoms with Crippen LogP contribution >= 0.6 is 57.7 Å². The predicted octanol–water partition coefficient (Wildman–Crippen LogP) is 7.68. The number of hydrogen-bond donors (Lipinski definition) is 2. The first-order chi connectivity index (χ1) is 15.3.